The molecule has 0 bridgehead atoms. The van der Waals surface area contributed by atoms with Crippen molar-refractivity contribution >= 4 is 69.8 Å². The summed E-state index contributed by atoms with van der Waals surface area (Å²) in [6.45, 7) is 0. The first kappa shape index (κ1) is 45.5. The summed E-state index contributed by atoms with van der Waals surface area (Å²) in [7, 11) is 6.48. The van der Waals surface area contributed by atoms with Crippen molar-refractivity contribution in [3.05, 3.63) is 103 Å². The van der Waals surface area contributed by atoms with Crippen molar-refractivity contribution in [2.24, 2.45) is 37.0 Å². The van der Waals surface area contributed by atoms with E-state index in [4.69, 9.17) is 46.7 Å². The topological polar surface area (TPSA) is 274 Å². The summed E-state index contributed by atoms with van der Waals surface area (Å²) in [5, 5.41) is 44.6. The van der Waals surface area contributed by atoms with Crippen molar-refractivity contribution in [2.75, 3.05) is 14.2 Å². The Balaban J connectivity index is 0.000000462. The van der Waals surface area contributed by atoms with Gasteiger partial charge in [-0.15, -0.1) is 0 Å². The van der Waals surface area contributed by atoms with Gasteiger partial charge in [-0.1, -0.05) is 47.9 Å². The molecule has 0 saturated heterocycles. The Morgan fingerprint density at radius 2 is 1.17 bits per heavy atom. The Morgan fingerprint density at radius 1 is 0.774 bits per heavy atom. The summed E-state index contributed by atoms with van der Waals surface area (Å²) in [4.78, 5) is 0. The number of hydrogen-bond donors (Lipinski definition) is 4. The van der Waals surface area contributed by atoms with Gasteiger partial charge in [-0.05, 0) is 72.0 Å². The number of thiocarbonyl (C=S) groups is 2. The third-order valence-electron chi connectivity index (χ3n) is 5.58. The van der Waals surface area contributed by atoms with Crippen LogP contribution in [0.4, 0.5) is 22.7 Å². The molecule has 6 N–H and O–H groups in total. The van der Waals surface area contributed by atoms with Crippen LogP contribution < -0.4 is 42.0 Å². The summed E-state index contributed by atoms with van der Waals surface area (Å²) in [6.07, 6.45) is 2.73. The molecule has 0 aliphatic heterocycles. The molecule has 0 amide bonds. The molecule has 0 saturated carbocycles. The molecule has 0 fully saturated rings. The SMILES string of the molecule is COc1cc(N=Nc2ccccc2)cc(/C=N/NC(N)=S)c1[O-].[CH2-]/[N+](=C\c1cc(N=Nc2ccccc2)cc(OC)c1[O-])NC(N)=S.[O]=[Mo+2]=[O].[O]=[Mo]=[O]. The van der Waals surface area contributed by atoms with Crippen LogP contribution in [0.5, 0.6) is 23.0 Å². The van der Waals surface area contributed by atoms with E-state index in [0.29, 0.717) is 28.3 Å². The molecule has 0 aliphatic carbocycles. The molecule has 4 aromatic rings. The molecule has 0 heterocycles. The van der Waals surface area contributed by atoms with Gasteiger partial charge in [-0.2, -0.15) is 31.0 Å². The number of azo groups is 2. The molecular weight excluding hydrogens is 896 g/mol. The number of hydrogen-bond acceptors (Lipinski definition) is 15. The number of rotatable bonds is 10. The van der Waals surface area contributed by atoms with E-state index in [1.54, 1.807) is 12.1 Å². The maximum atomic E-state index is 12.3. The van der Waals surface area contributed by atoms with Crippen molar-refractivity contribution in [3.63, 3.8) is 0 Å². The quantitative estimate of drug-likeness (QED) is 0.0333. The Labute approximate surface area is 331 Å². The molecule has 0 aliphatic rings. The van der Waals surface area contributed by atoms with Crippen molar-refractivity contribution in [3.8, 4) is 23.0 Å². The van der Waals surface area contributed by atoms with Gasteiger partial charge in [0.1, 0.15) is 11.5 Å². The van der Waals surface area contributed by atoms with E-state index in [2.05, 4.69) is 55.7 Å². The zero-order chi connectivity index (χ0) is 39.6. The van der Waals surface area contributed by atoms with Crippen molar-refractivity contribution < 1.29 is 74.9 Å². The van der Waals surface area contributed by atoms with Crippen LogP contribution in [-0.4, -0.2) is 41.6 Å². The van der Waals surface area contributed by atoms with Crippen LogP contribution in [0.25, 0.3) is 0 Å². The maximum absolute atomic E-state index is 12.3. The number of nitrogens with two attached hydrogens (primary N) is 2. The number of nitrogens with zero attached hydrogens (tertiary/aromatic N) is 6. The third kappa shape index (κ3) is 18.5. The van der Waals surface area contributed by atoms with Crippen molar-refractivity contribution in [2.45, 2.75) is 0 Å². The normalized spacial score (nSPS) is 10.3. The molecule has 0 radical (unpaired) electrons. The summed E-state index contributed by atoms with van der Waals surface area (Å²) in [5.74, 6) is -0.338. The molecule has 0 spiro atoms. The minimum atomic E-state index is -2.03. The number of ether oxygens (including phenoxy) is 2. The molecule has 22 heteroatoms. The Morgan fingerprint density at radius 3 is 1.57 bits per heavy atom. The molecule has 4 aromatic carbocycles. The summed E-state index contributed by atoms with van der Waals surface area (Å²) in [5.41, 5.74) is 18.5. The predicted octanol–water partition coefficient (Wildman–Crippen LogP) is 4.03. The standard InChI is InChI=1S/C16H17N5O2S.C15H15N5O2S.2Mo.4O/c1-21(20-16(17)24)10-11-8-13(9-14(23-2)15(11)22)19-18-12-6-4-3-5-7-12;1-22-13-8-12(19-18-11-5-3-2-4-6-11)7-10(14(13)21)9-17-20-15(16)23;;;;;;/h3-10,22H,1H2,2H3,(H3,17,20,24);2-9,21H,1H3,(H3,16,20,23);;;;;;/q;;;+2;;;;/p-2/b;17-9+,19-18?;;;;;;. The van der Waals surface area contributed by atoms with E-state index >= 15 is 0 Å². The van der Waals surface area contributed by atoms with E-state index < -0.39 is 37.0 Å². The molecule has 53 heavy (non-hydrogen) atoms. The van der Waals surface area contributed by atoms with Gasteiger partial charge in [-0.25, -0.2) is 4.68 Å². The van der Waals surface area contributed by atoms with Crippen LogP contribution in [0, 0.1) is 7.05 Å². The monoisotopic (exact) mass is 930 g/mol. The molecule has 18 nitrogen and oxygen atoms in total. The van der Waals surface area contributed by atoms with Crippen LogP contribution >= 0.6 is 24.4 Å². The van der Waals surface area contributed by atoms with Crippen LogP contribution in [0.3, 0.4) is 0 Å². The Kier molecular flexibility index (Phi) is 22.5. The number of benzene rings is 4. The fourth-order valence-corrected chi connectivity index (χ4v) is 3.73. The van der Waals surface area contributed by atoms with Crippen LogP contribution in [-0.2, 0) is 50.6 Å². The van der Waals surface area contributed by atoms with E-state index in [-0.39, 0.29) is 38.8 Å². The minimum absolute atomic E-state index is 0.000540. The van der Waals surface area contributed by atoms with Gasteiger partial charge in [-0.3, -0.25) is 5.43 Å². The molecule has 0 aromatic heterocycles. The molecule has 276 valence electrons. The molecule has 4 rings (SSSR count). The number of methoxy groups -OCH3 is 2. The second-order valence-corrected chi connectivity index (χ2v) is 10.7. The van der Waals surface area contributed by atoms with Crippen LogP contribution in [0.2, 0.25) is 0 Å². The zero-order valence-electron chi connectivity index (χ0n) is 27.7. The third-order valence-corrected chi connectivity index (χ3v) is 5.76. The Hall–Kier alpha value is -5.55. The average Bonchev–Trinajstić information content (AvgIpc) is 3.13. The zero-order valence-corrected chi connectivity index (χ0v) is 33.3. The number of hydrazine groups is 1. The van der Waals surface area contributed by atoms with Gasteiger partial charge < -0.3 is 31.2 Å². The van der Waals surface area contributed by atoms with E-state index in [9.17, 15) is 10.2 Å². The first-order chi connectivity index (χ1) is 25.4. The second kappa shape index (κ2) is 26.3. The van der Waals surface area contributed by atoms with Gasteiger partial charge >= 0.3 is 50.6 Å². The number of nitrogens with one attached hydrogen (secondary N) is 2. The summed E-state index contributed by atoms with van der Waals surface area (Å²) in [6, 6.07) is 24.6. The first-order valence-electron chi connectivity index (χ1n) is 14.1. The number of hydrazone groups is 2. The van der Waals surface area contributed by atoms with Crippen LogP contribution in [0.15, 0.2) is 110 Å². The van der Waals surface area contributed by atoms with E-state index in [0.717, 1.165) is 0 Å². The van der Waals surface area contributed by atoms with Gasteiger partial charge in [0.05, 0.1) is 49.4 Å². The second-order valence-electron chi connectivity index (χ2n) is 9.15. The molecule has 0 unspecified atom stereocenters. The van der Waals surface area contributed by atoms with Crippen LogP contribution in [0.1, 0.15) is 11.1 Å². The van der Waals surface area contributed by atoms with E-state index in [1.165, 1.54) is 43.5 Å². The van der Waals surface area contributed by atoms with Gasteiger partial charge in [0.25, 0.3) is 0 Å². The predicted molar refractivity (Wildman–Crippen MR) is 187 cm³/mol. The molecule has 0 atom stereocenters. The molecular formula is C31H30Mo2N10O8S2. The van der Waals surface area contributed by atoms with Gasteiger partial charge in [0.2, 0.25) is 5.11 Å². The first-order valence-corrected chi connectivity index (χ1v) is 18.2. The van der Waals surface area contributed by atoms with Gasteiger partial charge in [0, 0.05) is 19.2 Å². The summed E-state index contributed by atoms with van der Waals surface area (Å²) < 4.78 is 45.4. The summed E-state index contributed by atoms with van der Waals surface area (Å²) >= 11 is 5.29. The average molecular weight is 927 g/mol. The van der Waals surface area contributed by atoms with Crippen molar-refractivity contribution in [1.82, 2.24) is 10.9 Å². The van der Waals surface area contributed by atoms with Gasteiger partial charge in [0.15, 0.2) is 5.11 Å². The van der Waals surface area contributed by atoms with E-state index in [1.807, 2.05) is 60.7 Å². The van der Waals surface area contributed by atoms with Crippen molar-refractivity contribution in [1.29, 1.82) is 0 Å². The fourth-order valence-electron chi connectivity index (χ4n) is 3.56. The Bertz CT molecular complexity index is 2000. The fraction of sp³-hybridized carbons (Fsp3) is 0.0645.